The van der Waals surface area contributed by atoms with E-state index >= 15 is 0 Å². The minimum Gasteiger partial charge on any atom is -0.312 e. The SMILES string of the molecule is CCNCc1scc(C)c1S(=O)(=O)NCC1CC1C. The zero-order valence-corrected chi connectivity index (χ0v) is 13.3. The molecule has 1 aromatic heterocycles. The molecule has 1 aromatic rings. The minimum atomic E-state index is -3.37. The molecule has 0 aliphatic heterocycles. The highest BCUT2D eigenvalue weighted by Gasteiger charge is 2.34. The summed E-state index contributed by atoms with van der Waals surface area (Å²) < 4.78 is 27.6. The first-order chi connectivity index (χ1) is 8.95. The van der Waals surface area contributed by atoms with E-state index in [1.165, 1.54) is 11.3 Å². The van der Waals surface area contributed by atoms with Crippen LogP contribution in [0.1, 0.15) is 30.7 Å². The largest absolute Gasteiger partial charge is 0.312 e. The van der Waals surface area contributed by atoms with Gasteiger partial charge in [-0.05, 0) is 42.7 Å². The Morgan fingerprint density at radius 1 is 1.47 bits per heavy atom. The number of sulfonamides is 1. The maximum absolute atomic E-state index is 12.4. The molecule has 1 aliphatic rings. The van der Waals surface area contributed by atoms with Gasteiger partial charge in [-0.15, -0.1) is 11.3 Å². The van der Waals surface area contributed by atoms with Gasteiger partial charge in [0.05, 0.1) is 0 Å². The molecule has 4 nitrogen and oxygen atoms in total. The third kappa shape index (κ3) is 3.56. The first kappa shape index (κ1) is 15.0. The molecule has 0 radical (unpaired) electrons. The highest BCUT2D eigenvalue weighted by Crippen LogP contribution is 2.37. The third-order valence-electron chi connectivity index (χ3n) is 3.61. The molecule has 1 heterocycles. The molecule has 19 heavy (non-hydrogen) atoms. The van der Waals surface area contributed by atoms with E-state index in [0.717, 1.165) is 23.4 Å². The molecule has 1 aliphatic carbocycles. The van der Waals surface area contributed by atoms with Crippen LogP contribution in [0.3, 0.4) is 0 Å². The van der Waals surface area contributed by atoms with Crippen molar-refractivity contribution >= 4 is 21.4 Å². The smallest absolute Gasteiger partial charge is 0.241 e. The van der Waals surface area contributed by atoms with Crippen LogP contribution in [0.15, 0.2) is 10.3 Å². The van der Waals surface area contributed by atoms with Crippen LogP contribution in [-0.4, -0.2) is 21.5 Å². The number of nitrogens with one attached hydrogen (secondary N) is 2. The summed E-state index contributed by atoms with van der Waals surface area (Å²) in [5, 5.41) is 5.11. The molecule has 2 N–H and O–H groups in total. The molecule has 0 amide bonds. The highest BCUT2D eigenvalue weighted by molar-refractivity contribution is 7.89. The van der Waals surface area contributed by atoms with Crippen LogP contribution in [0.25, 0.3) is 0 Å². The van der Waals surface area contributed by atoms with Gasteiger partial charge < -0.3 is 5.32 Å². The average molecular weight is 302 g/mol. The molecule has 0 saturated heterocycles. The topological polar surface area (TPSA) is 58.2 Å². The lowest BCUT2D eigenvalue weighted by molar-refractivity contribution is 0.572. The molecular weight excluding hydrogens is 280 g/mol. The van der Waals surface area contributed by atoms with Gasteiger partial charge in [0.25, 0.3) is 0 Å². The average Bonchev–Trinajstić information content (AvgIpc) is 2.92. The molecule has 0 bridgehead atoms. The normalized spacial score (nSPS) is 22.7. The van der Waals surface area contributed by atoms with Gasteiger partial charge in [0.2, 0.25) is 10.0 Å². The van der Waals surface area contributed by atoms with Crippen molar-refractivity contribution in [3.05, 3.63) is 15.8 Å². The fourth-order valence-corrected chi connectivity index (χ4v) is 5.05. The van der Waals surface area contributed by atoms with E-state index in [1.54, 1.807) is 0 Å². The second-order valence-corrected chi connectivity index (χ2v) is 7.94. The first-order valence-electron chi connectivity index (χ1n) is 6.73. The Kier molecular flexibility index (Phi) is 4.66. The van der Waals surface area contributed by atoms with Crippen LogP contribution < -0.4 is 10.0 Å². The van der Waals surface area contributed by atoms with Crippen molar-refractivity contribution < 1.29 is 8.42 Å². The second-order valence-electron chi connectivity index (χ2n) is 5.28. The third-order valence-corrected chi connectivity index (χ3v) is 6.49. The van der Waals surface area contributed by atoms with Gasteiger partial charge in [0, 0.05) is 18.0 Å². The van der Waals surface area contributed by atoms with Crippen molar-refractivity contribution in [1.29, 1.82) is 0 Å². The lowest BCUT2D eigenvalue weighted by Gasteiger charge is -2.09. The fourth-order valence-electron chi connectivity index (χ4n) is 2.18. The quantitative estimate of drug-likeness (QED) is 0.811. The lowest BCUT2D eigenvalue weighted by atomic mass is 10.3. The van der Waals surface area contributed by atoms with Gasteiger partial charge in [0.15, 0.2) is 0 Å². The fraction of sp³-hybridized carbons (Fsp3) is 0.692. The number of hydrogen-bond donors (Lipinski definition) is 2. The van der Waals surface area contributed by atoms with Crippen molar-refractivity contribution in [1.82, 2.24) is 10.0 Å². The van der Waals surface area contributed by atoms with Crippen molar-refractivity contribution in [3.8, 4) is 0 Å². The Balaban J connectivity index is 2.11. The molecule has 0 spiro atoms. The van der Waals surface area contributed by atoms with Crippen LogP contribution in [-0.2, 0) is 16.6 Å². The van der Waals surface area contributed by atoms with E-state index in [9.17, 15) is 8.42 Å². The van der Waals surface area contributed by atoms with E-state index in [2.05, 4.69) is 17.0 Å². The van der Waals surface area contributed by atoms with Gasteiger partial charge in [-0.3, -0.25) is 0 Å². The van der Waals surface area contributed by atoms with E-state index in [0.29, 0.717) is 29.8 Å². The van der Waals surface area contributed by atoms with Crippen LogP contribution in [0, 0.1) is 18.8 Å². The van der Waals surface area contributed by atoms with E-state index < -0.39 is 10.0 Å². The van der Waals surface area contributed by atoms with Crippen molar-refractivity contribution in [2.45, 2.75) is 38.6 Å². The zero-order valence-electron chi connectivity index (χ0n) is 11.7. The molecule has 2 atom stereocenters. The predicted molar refractivity (Wildman–Crippen MR) is 78.9 cm³/mol. The molecule has 108 valence electrons. The molecule has 2 rings (SSSR count). The number of hydrogen-bond acceptors (Lipinski definition) is 4. The van der Waals surface area contributed by atoms with E-state index in [4.69, 9.17) is 0 Å². The van der Waals surface area contributed by atoms with Crippen LogP contribution >= 0.6 is 11.3 Å². The minimum absolute atomic E-state index is 0.478. The van der Waals surface area contributed by atoms with Crippen molar-refractivity contribution in [3.63, 3.8) is 0 Å². The maximum Gasteiger partial charge on any atom is 0.241 e. The zero-order chi connectivity index (χ0) is 14.0. The van der Waals surface area contributed by atoms with Gasteiger partial charge in [0.1, 0.15) is 4.90 Å². The van der Waals surface area contributed by atoms with Gasteiger partial charge in [-0.1, -0.05) is 13.8 Å². The summed E-state index contributed by atoms with van der Waals surface area (Å²) in [5.41, 5.74) is 0.842. The van der Waals surface area contributed by atoms with E-state index in [-0.39, 0.29) is 0 Å². The van der Waals surface area contributed by atoms with Crippen LogP contribution in [0.2, 0.25) is 0 Å². The second kappa shape index (κ2) is 5.91. The van der Waals surface area contributed by atoms with Gasteiger partial charge >= 0.3 is 0 Å². The number of aryl methyl sites for hydroxylation is 1. The summed E-state index contributed by atoms with van der Waals surface area (Å²) in [6, 6.07) is 0. The summed E-state index contributed by atoms with van der Waals surface area (Å²) in [4.78, 5) is 1.38. The Labute approximate surface area is 119 Å². The summed E-state index contributed by atoms with van der Waals surface area (Å²) >= 11 is 1.51. The highest BCUT2D eigenvalue weighted by atomic mass is 32.2. The maximum atomic E-state index is 12.4. The summed E-state index contributed by atoms with van der Waals surface area (Å²) in [7, 11) is -3.37. The molecule has 2 unspecified atom stereocenters. The summed E-state index contributed by atoms with van der Waals surface area (Å²) in [5.74, 6) is 1.18. The Bertz CT molecular complexity index is 537. The first-order valence-corrected chi connectivity index (χ1v) is 9.09. The monoisotopic (exact) mass is 302 g/mol. The molecule has 0 aromatic carbocycles. The van der Waals surface area contributed by atoms with Crippen LogP contribution in [0.5, 0.6) is 0 Å². The standard InChI is InChI=1S/C13H22N2O2S2/c1-4-14-7-12-13(10(3)8-18-12)19(16,17)15-6-11-5-9(11)2/h8-9,11,14-15H,4-7H2,1-3H3. The number of rotatable bonds is 7. The van der Waals surface area contributed by atoms with Crippen molar-refractivity contribution in [2.24, 2.45) is 11.8 Å². The molecule has 6 heteroatoms. The number of thiophene rings is 1. The Morgan fingerprint density at radius 3 is 2.74 bits per heavy atom. The Morgan fingerprint density at radius 2 is 2.16 bits per heavy atom. The molecule has 1 fully saturated rings. The van der Waals surface area contributed by atoms with Crippen molar-refractivity contribution in [2.75, 3.05) is 13.1 Å². The van der Waals surface area contributed by atoms with E-state index in [1.807, 2.05) is 19.2 Å². The van der Waals surface area contributed by atoms with Crippen LogP contribution in [0.4, 0.5) is 0 Å². The summed E-state index contributed by atoms with van der Waals surface area (Å²) in [6.45, 7) is 8.06. The molecule has 1 saturated carbocycles. The van der Waals surface area contributed by atoms with Gasteiger partial charge in [-0.25, -0.2) is 13.1 Å². The van der Waals surface area contributed by atoms with Gasteiger partial charge in [-0.2, -0.15) is 0 Å². The lowest BCUT2D eigenvalue weighted by Crippen LogP contribution is -2.27. The predicted octanol–water partition coefficient (Wildman–Crippen LogP) is 2.10. The summed E-state index contributed by atoms with van der Waals surface area (Å²) in [6.07, 6.45) is 1.13. The Hall–Kier alpha value is -0.430. The molecular formula is C13H22N2O2S2.